The van der Waals surface area contributed by atoms with Crippen LogP contribution in [0.25, 0.3) is 11.5 Å². The third-order valence-corrected chi connectivity index (χ3v) is 5.08. The van der Waals surface area contributed by atoms with Gasteiger partial charge in [0.1, 0.15) is 5.69 Å². The van der Waals surface area contributed by atoms with Gasteiger partial charge in [-0.25, -0.2) is 0 Å². The van der Waals surface area contributed by atoms with Crippen LogP contribution in [0, 0.1) is 0 Å². The van der Waals surface area contributed by atoms with Gasteiger partial charge in [-0.15, -0.1) is 10.2 Å². The number of amides is 1. The number of carbonyl (C=O) groups is 1. The molecule has 2 aromatic heterocycles. The van der Waals surface area contributed by atoms with Crippen LogP contribution in [0.5, 0.6) is 0 Å². The molecule has 0 atom stereocenters. The fraction of sp³-hybridized carbons (Fsp3) is 0.300. The molecule has 8 heteroatoms. The van der Waals surface area contributed by atoms with Gasteiger partial charge in [0.2, 0.25) is 0 Å². The second-order valence-corrected chi connectivity index (χ2v) is 7.38. The quantitative estimate of drug-likeness (QED) is 0.465. The molecule has 0 aliphatic heterocycles. The summed E-state index contributed by atoms with van der Waals surface area (Å²) in [6.45, 7) is 3.60. The Bertz CT molecular complexity index is 925. The molecule has 3 aromatic rings. The molecule has 0 saturated heterocycles. The number of hydrogen-bond donors (Lipinski definition) is 1. The monoisotopic (exact) mass is 396 g/mol. The minimum absolute atomic E-state index is 0.0622. The number of carbonyl (C=O) groups excluding carboxylic acids is 1. The highest BCUT2D eigenvalue weighted by Gasteiger charge is 2.16. The number of pyridine rings is 1. The average molecular weight is 397 g/mol. The first kappa shape index (κ1) is 19.9. The summed E-state index contributed by atoms with van der Waals surface area (Å²) in [5, 5.41) is 12.9. The number of hydrogen-bond acceptors (Lipinski definition) is 6. The second-order valence-electron chi connectivity index (χ2n) is 6.32. The van der Waals surface area contributed by atoms with E-state index >= 15 is 0 Å². The molecule has 146 valence electrons. The number of aromatic nitrogens is 4. The summed E-state index contributed by atoms with van der Waals surface area (Å²) in [6.07, 6.45) is 1.64. The Balaban J connectivity index is 1.70. The first-order valence-electron chi connectivity index (χ1n) is 9.13. The Hall–Kier alpha value is -2.87. The van der Waals surface area contributed by atoms with E-state index in [0.717, 1.165) is 29.7 Å². The van der Waals surface area contributed by atoms with Crippen molar-refractivity contribution in [1.29, 1.82) is 0 Å². The molecule has 1 aromatic carbocycles. The number of anilines is 1. The molecule has 0 unspecified atom stereocenters. The van der Waals surface area contributed by atoms with Crippen molar-refractivity contribution < 1.29 is 4.79 Å². The predicted octanol–water partition coefficient (Wildman–Crippen LogP) is 3.27. The van der Waals surface area contributed by atoms with Crippen molar-refractivity contribution >= 4 is 23.4 Å². The van der Waals surface area contributed by atoms with Gasteiger partial charge in [-0.1, -0.05) is 30.0 Å². The van der Waals surface area contributed by atoms with Gasteiger partial charge in [-0.2, -0.15) is 0 Å². The van der Waals surface area contributed by atoms with Crippen LogP contribution in [-0.4, -0.2) is 56.9 Å². The standard InChI is InChI=1S/C20H24N6OS/c1-4-26-18(17-14-15(10-11-22-17)19(27)25(2)3)23-24-20(26)28-13-12-21-16-8-6-5-7-9-16/h5-11,14,21H,4,12-13H2,1-3H3. The number of nitrogens with zero attached hydrogens (tertiary/aromatic N) is 5. The van der Waals surface area contributed by atoms with E-state index < -0.39 is 0 Å². The fourth-order valence-corrected chi connectivity index (χ4v) is 3.56. The van der Waals surface area contributed by atoms with E-state index in [-0.39, 0.29) is 5.91 Å². The van der Waals surface area contributed by atoms with Gasteiger partial charge in [-0.3, -0.25) is 9.78 Å². The van der Waals surface area contributed by atoms with Gasteiger partial charge < -0.3 is 14.8 Å². The second kappa shape index (κ2) is 9.36. The molecule has 0 radical (unpaired) electrons. The molecule has 7 nitrogen and oxygen atoms in total. The third kappa shape index (κ3) is 4.69. The fourth-order valence-electron chi connectivity index (χ4n) is 2.71. The molecule has 0 aliphatic rings. The van der Waals surface area contributed by atoms with Crippen LogP contribution >= 0.6 is 11.8 Å². The molecular weight excluding hydrogens is 372 g/mol. The maximum absolute atomic E-state index is 12.2. The van der Waals surface area contributed by atoms with Gasteiger partial charge in [0.25, 0.3) is 5.91 Å². The van der Waals surface area contributed by atoms with E-state index in [4.69, 9.17) is 0 Å². The maximum atomic E-state index is 12.2. The Labute approximate surface area is 169 Å². The smallest absolute Gasteiger partial charge is 0.253 e. The van der Waals surface area contributed by atoms with Crippen LogP contribution in [-0.2, 0) is 6.54 Å². The molecule has 0 fully saturated rings. The summed E-state index contributed by atoms with van der Waals surface area (Å²) >= 11 is 1.65. The van der Waals surface area contributed by atoms with Crippen molar-refractivity contribution in [3.63, 3.8) is 0 Å². The number of para-hydroxylation sites is 1. The Morgan fingerprint density at radius 3 is 2.68 bits per heavy atom. The van der Waals surface area contributed by atoms with Crippen molar-refractivity contribution in [1.82, 2.24) is 24.6 Å². The number of benzene rings is 1. The third-order valence-electron chi connectivity index (χ3n) is 4.11. The summed E-state index contributed by atoms with van der Waals surface area (Å²) in [5.74, 6) is 1.47. The molecule has 28 heavy (non-hydrogen) atoms. The Morgan fingerprint density at radius 2 is 1.96 bits per heavy atom. The first-order valence-corrected chi connectivity index (χ1v) is 10.1. The van der Waals surface area contributed by atoms with E-state index in [2.05, 4.69) is 20.5 Å². The van der Waals surface area contributed by atoms with E-state index in [1.54, 1.807) is 49.1 Å². The van der Waals surface area contributed by atoms with Crippen molar-refractivity contribution in [3.05, 3.63) is 54.2 Å². The lowest BCUT2D eigenvalue weighted by atomic mass is 10.2. The van der Waals surface area contributed by atoms with Crippen LogP contribution in [0.3, 0.4) is 0 Å². The molecule has 0 saturated carbocycles. The average Bonchev–Trinajstić information content (AvgIpc) is 3.14. The lowest BCUT2D eigenvalue weighted by molar-refractivity contribution is 0.0827. The lowest BCUT2D eigenvalue weighted by Gasteiger charge is -2.11. The SMILES string of the molecule is CCn1c(SCCNc2ccccc2)nnc1-c1cc(C(=O)N(C)C)ccn1. The molecule has 3 rings (SSSR count). The molecule has 1 N–H and O–H groups in total. The molecule has 0 aliphatic carbocycles. The summed E-state index contributed by atoms with van der Waals surface area (Å²) < 4.78 is 2.03. The summed E-state index contributed by atoms with van der Waals surface area (Å²) in [7, 11) is 3.46. The maximum Gasteiger partial charge on any atom is 0.253 e. The predicted molar refractivity (Wildman–Crippen MR) is 113 cm³/mol. The minimum Gasteiger partial charge on any atom is -0.384 e. The van der Waals surface area contributed by atoms with E-state index in [1.165, 1.54) is 0 Å². The van der Waals surface area contributed by atoms with Gasteiger partial charge >= 0.3 is 0 Å². The number of rotatable bonds is 8. The summed E-state index contributed by atoms with van der Waals surface area (Å²) in [5.41, 5.74) is 2.34. The molecule has 0 spiro atoms. The summed E-state index contributed by atoms with van der Waals surface area (Å²) in [4.78, 5) is 18.2. The molecular formula is C20H24N6OS. The Morgan fingerprint density at radius 1 is 1.18 bits per heavy atom. The van der Waals surface area contributed by atoms with E-state index in [1.807, 2.05) is 41.8 Å². The number of nitrogens with one attached hydrogen (secondary N) is 1. The van der Waals surface area contributed by atoms with Gasteiger partial charge in [-0.05, 0) is 31.2 Å². The highest BCUT2D eigenvalue weighted by molar-refractivity contribution is 7.99. The van der Waals surface area contributed by atoms with Crippen molar-refractivity contribution in [2.24, 2.45) is 0 Å². The number of thioether (sulfide) groups is 1. The lowest BCUT2D eigenvalue weighted by Crippen LogP contribution is -2.21. The van der Waals surface area contributed by atoms with Crippen LogP contribution in [0.15, 0.2) is 53.8 Å². The molecule has 0 bridgehead atoms. The molecule has 1 amide bonds. The zero-order chi connectivity index (χ0) is 19.9. The normalized spacial score (nSPS) is 10.7. The highest BCUT2D eigenvalue weighted by Crippen LogP contribution is 2.23. The minimum atomic E-state index is -0.0622. The first-order chi connectivity index (χ1) is 13.6. The zero-order valence-corrected chi connectivity index (χ0v) is 17.1. The topological polar surface area (TPSA) is 75.9 Å². The van der Waals surface area contributed by atoms with E-state index in [0.29, 0.717) is 17.1 Å². The van der Waals surface area contributed by atoms with Crippen LogP contribution in [0.4, 0.5) is 5.69 Å². The van der Waals surface area contributed by atoms with Crippen LogP contribution < -0.4 is 5.32 Å². The van der Waals surface area contributed by atoms with Gasteiger partial charge in [0, 0.05) is 50.4 Å². The highest BCUT2D eigenvalue weighted by atomic mass is 32.2. The van der Waals surface area contributed by atoms with Crippen molar-refractivity contribution in [2.45, 2.75) is 18.6 Å². The largest absolute Gasteiger partial charge is 0.384 e. The van der Waals surface area contributed by atoms with Crippen LogP contribution in [0.2, 0.25) is 0 Å². The van der Waals surface area contributed by atoms with Gasteiger partial charge in [0.05, 0.1) is 0 Å². The molecule has 2 heterocycles. The van der Waals surface area contributed by atoms with E-state index in [9.17, 15) is 4.79 Å². The summed E-state index contributed by atoms with van der Waals surface area (Å²) in [6, 6.07) is 13.6. The van der Waals surface area contributed by atoms with Crippen LogP contribution in [0.1, 0.15) is 17.3 Å². The Kier molecular flexibility index (Phi) is 6.65. The van der Waals surface area contributed by atoms with Crippen molar-refractivity contribution in [2.75, 3.05) is 31.7 Å². The zero-order valence-electron chi connectivity index (χ0n) is 16.3. The van der Waals surface area contributed by atoms with Crippen molar-refractivity contribution in [3.8, 4) is 11.5 Å². The van der Waals surface area contributed by atoms with Gasteiger partial charge in [0.15, 0.2) is 11.0 Å².